The van der Waals surface area contributed by atoms with Crippen molar-refractivity contribution in [2.24, 2.45) is 0 Å². The number of methoxy groups -OCH3 is 1. The van der Waals surface area contributed by atoms with E-state index < -0.39 is 34.9 Å². The third-order valence-corrected chi connectivity index (χ3v) is 6.54. The van der Waals surface area contributed by atoms with Crippen LogP contribution in [0, 0.1) is 0 Å². The minimum absolute atomic E-state index is 0.0753. The molecule has 0 spiro atoms. The Hall–Kier alpha value is -2.72. The molecular formula is C20H15ClF3N3O3S. The van der Waals surface area contributed by atoms with Crippen molar-refractivity contribution in [2.45, 2.75) is 23.1 Å². The van der Waals surface area contributed by atoms with Crippen LogP contribution in [0.1, 0.15) is 39.7 Å². The van der Waals surface area contributed by atoms with Gasteiger partial charge in [0.25, 0.3) is 0 Å². The number of aliphatic carboxylic acids is 1. The average Bonchev–Trinajstić information content (AvgIpc) is 3.11. The molecule has 6 nitrogen and oxygen atoms in total. The highest BCUT2D eigenvalue weighted by Gasteiger charge is 2.43. The predicted octanol–water partition coefficient (Wildman–Crippen LogP) is 5.30. The number of halogens is 4. The van der Waals surface area contributed by atoms with Gasteiger partial charge in [-0.2, -0.15) is 13.2 Å². The van der Waals surface area contributed by atoms with Gasteiger partial charge in [0.15, 0.2) is 5.82 Å². The van der Waals surface area contributed by atoms with Crippen LogP contribution in [-0.2, 0) is 11.0 Å². The summed E-state index contributed by atoms with van der Waals surface area (Å²) in [6.07, 6.45) is -5.21. The van der Waals surface area contributed by atoms with Crippen molar-refractivity contribution in [3.8, 4) is 11.4 Å². The Labute approximate surface area is 184 Å². The molecule has 1 N–H and O–H groups in total. The maximum Gasteiger partial charge on any atom is 0.452 e. The number of hydrogen-bond acceptors (Lipinski definition) is 5. The molecule has 4 rings (SSSR count). The Kier molecular flexibility index (Phi) is 5.61. The van der Waals surface area contributed by atoms with E-state index in [1.54, 1.807) is 30.3 Å². The largest absolute Gasteiger partial charge is 0.497 e. The highest BCUT2D eigenvalue weighted by atomic mass is 35.5. The minimum atomic E-state index is -4.78. The van der Waals surface area contributed by atoms with Crippen LogP contribution in [0.3, 0.4) is 0 Å². The number of rotatable bonds is 4. The van der Waals surface area contributed by atoms with Crippen molar-refractivity contribution in [3.05, 3.63) is 70.3 Å². The molecule has 11 heteroatoms. The Balaban J connectivity index is 2.00. The molecule has 162 valence electrons. The van der Waals surface area contributed by atoms with Gasteiger partial charge in [-0.15, -0.1) is 22.0 Å². The third-order valence-electron chi connectivity index (χ3n) is 4.80. The van der Waals surface area contributed by atoms with E-state index in [9.17, 15) is 23.1 Å². The Morgan fingerprint density at radius 1 is 1.26 bits per heavy atom. The van der Waals surface area contributed by atoms with E-state index in [4.69, 9.17) is 16.3 Å². The fourth-order valence-electron chi connectivity index (χ4n) is 3.52. The van der Waals surface area contributed by atoms with Crippen LogP contribution in [0.4, 0.5) is 13.2 Å². The predicted molar refractivity (Wildman–Crippen MR) is 109 cm³/mol. The molecule has 2 atom stereocenters. The van der Waals surface area contributed by atoms with Gasteiger partial charge >= 0.3 is 12.1 Å². The molecule has 2 unspecified atom stereocenters. The zero-order valence-corrected chi connectivity index (χ0v) is 17.5. The lowest BCUT2D eigenvalue weighted by Gasteiger charge is -2.21. The van der Waals surface area contributed by atoms with Crippen molar-refractivity contribution in [2.75, 3.05) is 7.11 Å². The van der Waals surface area contributed by atoms with Crippen molar-refractivity contribution < 1.29 is 27.8 Å². The SMILES string of the molecule is COc1cccc(C2SC(CC(=O)O)c3nnc(C(F)(F)F)n3-c3ccc(Cl)cc32)c1. The summed E-state index contributed by atoms with van der Waals surface area (Å²) in [6, 6.07) is 11.6. The van der Waals surface area contributed by atoms with Crippen molar-refractivity contribution in [1.82, 2.24) is 14.8 Å². The summed E-state index contributed by atoms with van der Waals surface area (Å²) in [5, 5.41) is 15.4. The Morgan fingerprint density at radius 2 is 2.03 bits per heavy atom. The van der Waals surface area contributed by atoms with Crippen LogP contribution in [0.15, 0.2) is 42.5 Å². The molecule has 0 saturated carbocycles. The molecule has 0 bridgehead atoms. The van der Waals surface area contributed by atoms with Crippen LogP contribution >= 0.6 is 23.4 Å². The summed E-state index contributed by atoms with van der Waals surface area (Å²) >= 11 is 7.39. The number of fused-ring (bicyclic) bond motifs is 3. The highest BCUT2D eigenvalue weighted by Crippen LogP contribution is 2.52. The van der Waals surface area contributed by atoms with E-state index in [1.807, 2.05) is 0 Å². The monoisotopic (exact) mass is 469 g/mol. The lowest BCUT2D eigenvalue weighted by Crippen LogP contribution is -2.16. The normalized spacial score (nSPS) is 18.1. The number of carboxylic acid groups (broad SMARTS) is 1. The Bertz CT molecular complexity index is 1150. The van der Waals surface area contributed by atoms with Gasteiger partial charge in [0.1, 0.15) is 5.75 Å². The van der Waals surface area contributed by atoms with Crippen molar-refractivity contribution in [1.29, 1.82) is 0 Å². The molecule has 0 saturated heterocycles. The first-order valence-corrected chi connectivity index (χ1v) is 10.3. The molecule has 0 amide bonds. The van der Waals surface area contributed by atoms with Gasteiger partial charge in [0.2, 0.25) is 5.82 Å². The standard InChI is InChI=1S/C20H15ClF3N3O3S/c1-30-12-4-2-3-10(7-12)17-13-8-11(21)5-6-14(13)27-18(15(31-17)9-16(28)29)25-26-19(27)20(22,23)24/h2-8,15,17H,9H2,1H3,(H,28,29). The fraction of sp³-hybridized carbons (Fsp3) is 0.250. The van der Waals surface area contributed by atoms with Crippen LogP contribution in [0.2, 0.25) is 5.02 Å². The van der Waals surface area contributed by atoms with Gasteiger partial charge in [0, 0.05) is 5.02 Å². The molecule has 0 aliphatic carbocycles. The van der Waals surface area contributed by atoms with Gasteiger partial charge < -0.3 is 9.84 Å². The van der Waals surface area contributed by atoms with E-state index in [0.29, 0.717) is 16.3 Å². The summed E-state index contributed by atoms with van der Waals surface area (Å²) in [6.45, 7) is 0. The van der Waals surface area contributed by atoms with Crippen LogP contribution in [0.5, 0.6) is 5.75 Å². The zero-order chi connectivity index (χ0) is 22.3. The van der Waals surface area contributed by atoms with Crippen molar-refractivity contribution >= 4 is 29.3 Å². The maximum atomic E-state index is 13.7. The topological polar surface area (TPSA) is 77.2 Å². The number of ether oxygens (including phenoxy) is 1. The van der Waals surface area contributed by atoms with Gasteiger partial charge in [0.05, 0.1) is 29.7 Å². The first kappa shape index (κ1) is 21.5. The summed E-state index contributed by atoms with van der Waals surface area (Å²) < 4.78 is 47.4. The Morgan fingerprint density at radius 3 is 2.71 bits per heavy atom. The second kappa shape index (κ2) is 8.08. The highest BCUT2D eigenvalue weighted by molar-refractivity contribution is 8.00. The maximum absolute atomic E-state index is 13.7. The van der Waals surface area contributed by atoms with Crippen LogP contribution in [-0.4, -0.2) is 33.0 Å². The lowest BCUT2D eigenvalue weighted by atomic mass is 10.0. The quantitative estimate of drug-likeness (QED) is 0.558. The number of alkyl halides is 3. The van der Waals surface area contributed by atoms with Gasteiger partial charge in [-0.05, 0) is 41.5 Å². The van der Waals surface area contributed by atoms with E-state index in [0.717, 1.165) is 10.1 Å². The summed E-state index contributed by atoms with van der Waals surface area (Å²) in [4.78, 5) is 11.5. The number of hydrogen-bond donors (Lipinski definition) is 1. The van der Waals surface area contributed by atoms with Gasteiger partial charge in [-0.1, -0.05) is 23.7 Å². The van der Waals surface area contributed by atoms with Crippen molar-refractivity contribution in [3.63, 3.8) is 0 Å². The van der Waals surface area contributed by atoms with E-state index >= 15 is 0 Å². The zero-order valence-electron chi connectivity index (χ0n) is 15.9. The smallest absolute Gasteiger partial charge is 0.452 e. The first-order chi connectivity index (χ1) is 14.7. The van der Waals surface area contributed by atoms with Gasteiger partial charge in [-0.25, -0.2) is 0 Å². The number of aromatic nitrogens is 3. The minimum Gasteiger partial charge on any atom is -0.497 e. The molecule has 2 heterocycles. The van der Waals surface area contributed by atoms with Gasteiger partial charge in [-0.3, -0.25) is 9.36 Å². The molecule has 0 radical (unpaired) electrons. The van der Waals surface area contributed by atoms with E-state index in [1.165, 1.54) is 31.0 Å². The molecule has 31 heavy (non-hydrogen) atoms. The van der Waals surface area contributed by atoms with Crippen LogP contribution < -0.4 is 4.74 Å². The summed E-state index contributed by atoms with van der Waals surface area (Å²) in [5.74, 6) is -1.88. The molecular weight excluding hydrogens is 455 g/mol. The molecule has 1 aliphatic heterocycles. The first-order valence-electron chi connectivity index (χ1n) is 9.02. The molecule has 3 aromatic rings. The van der Waals surface area contributed by atoms with E-state index in [2.05, 4.69) is 10.2 Å². The fourth-order valence-corrected chi connectivity index (χ4v) is 5.19. The second-order valence-electron chi connectivity index (χ2n) is 6.80. The molecule has 1 aromatic heterocycles. The lowest BCUT2D eigenvalue weighted by molar-refractivity contribution is -0.146. The average molecular weight is 470 g/mol. The summed E-state index contributed by atoms with van der Waals surface area (Å²) in [7, 11) is 1.51. The third kappa shape index (κ3) is 4.09. The summed E-state index contributed by atoms with van der Waals surface area (Å²) in [5.41, 5.74) is 1.42. The number of nitrogens with zero attached hydrogens (tertiary/aromatic N) is 3. The number of carbonyl (C=O) groups is 1. The van der Waals surface area contributed by atoms with E-state index in [-0.39, 0.29) is 11.5 Å². The number of thioether (sulfide) groups is 1. The number of benzene rings is 2. The second-order valence-corrected chi connectivity index (χ2v) is 8.55. The molecule has 2 aromatic carbocycles. The molecule has 0 fully saturated rings. The number of carboxylic acids is 1. The molecule has 1 aliphatic rings. The van der Waals surface area contributed by atoms with Crippen LogP contribution in [0.25, 0.3) is 5.69 Å².